The lowest BCUT2D eigenvalue weighted by atomic mass is 9.74. The molecule has 2 aromatic rings. The Kier molecular flexibility index (Phi) is 6.00. The lowest BCUT2D eigenvalue weighted by Gasteiger charge is -2.38. The van der Waals surface area contributed by atoms with Crippen LogP contribution in [-0.2, 0) is 11.2 Å². The van der Waals surface area contributed by atoms with E-state index < -0.39 is 0 Å². The predicted molar refractivity (Wildman–Crippen MR) is 122 cm³/mol. The van der Waals surface area contributed by atoms with Crippen molar-refractivity contribution in [3.8, 4) is 0 Å². The maximum absolute atomic E-state index is 13.3. The van der Waals surface area contributed by atoms with Gasteiger partial charge in [-0.2, -0.15) is 0 Å². The summed E-state index contributed by atoms with van der Waals surface area (Å²) in [7, 11) is 0. The summed E-state index contributed by atoms with van der Waals surface area (Å²) in [4.78, 5) is 25.1. The van der Waals surface area contributed by atoms with Gasteiger partial charge in [-0.05, 0) is 44.9 Å². The molecule has 0 spiro atoms. The number of hydrogen-bond acceptors (Lipinski definition) is 7. The molecule has 0 bridgehead atoms. The van der Waals surface area contributed by atoms with E-state index in [1.165, 1.54) is 0 Å². The van der Waals surface area contributed by atoms with Crippen LogP contribution in [0.4, 0.5) is 5.95 Å². The second-order valence-corrected chi connectivity index (χ2v) is 10.5. The molecule has 1 N–H and O–H groups in total. The molecule has 2 aromatic heterocycles. The summed E-state index contributed by atoms with van der Waals surface area (Å²) >= 11 is 0. The van der Waals surface area contributed by atoms with E-state index in [1.807, 2.05) is 20.0 Å². The average Bonchev–Trinajstić information content (AvgIpc) is 3.07. The van der Waals surface area contributed by atoms with Crippen molar-refractivity contribution in [3.05, 3.63) is 34.5 Å². The molecule has 8 heteroatoms. The number of nitrogens with zero attached hydrogens (tertiary/aromatic N) is 4. The molecule has 174 valence electrons. The van der Waals surface area contributed by atoms with E-state index in [9.17, 15) is 4.79 Å². The van der Waals surface area contributed by atoms with Crippen molar-refractivity contribution in [3.63, 3.8) is 0 Å². The van der Waals surface area contributed by atoms with E-state index in [4.69, 9.17) is 19.2 Å². The van der Waals surface area contributed by atoms with Gasteiger partial charge >= 0.3 is 0 Å². The Morgan fingerprint density at radius 2 is 1.94 bits per heavy atom. The van der Waals surface area contributed by atoms with Crippen molar-refractivity contribution in [2.24, 2.45) is 5.41 Å². The van der Waals surface area contributed by atoms with Gasteiger partial charge in [0.1, 0.15) is 11.3 Å². The maximum Gasteiger partial charge on any atom is 0.257 e. The Labute approximate surface area is 190 Å². The molecule has 1 aliphatic heterocycles. The molecule has 0 radical (unpaired) electrons. The number of morpholine rings is 1. The van der Waals surface area contributed by atoms with E-state index in [0.717, 1.165) is 43.1 Å². The number of fused-ring (bicyclic) bond motifs is 1. The van der Waals surface area contributed by atoms with E-state index >= 15 is 0 Å². The fourth-order valence-corrected chi connectivity index (χ4v) is 4.95. The molecule has 3 unspecified atom stereocenters. The summed E-state index contributed by atoms with van der Waals surface area (Å²) in [5.41, 5.74) is 3.24. The molecule has 1 aliphatic carbocycles. The number of hydrogen-bond donors (Lipinski definition) is 1. The summed E-state index contributed by atoms with van der Waals surface area (Å²) < 4.78 is 11.2. The normalized spacial score (nSPS) is 25.0. The first kappa shape index (κ1) is 22.7. The van der Waals surface area contributed by atoms with Gasteiger partial charge in [-0.3, -0.25) is 4.79 Å². The second kappa shape index (κ2) is 8.46. The molecule has 3 atom stereocenters. The first-order valence-corrected chi connectivity index (χ1v) is 11.6. The van der Waals surface area contributed by atoms with Crippen LogP contribution >= 0.6 is 0 Å². The molecule has 0 aromatic carbocycles. The highest BCUT2D eigenvalue weighted by molar-refractivity contribution is 5.96. The van der Waals surface area contributed by atoms with Crippen molar-refractivity contribution in [1.29, 1.82) is 0 Å². The zero-order chi connectivity index (χ0) is 23.2. The monoisotopic (exact) mass is 441 g/mol. The van der Waals surface area contributed by atoms with E-state index in [2.05, 4.69) is 43.1 Å². The quantitative estimate of drug-likeness (QED) is 0.768. The third-order valence-corrected chi connectivity index (χ3v) is 6.34. The minimum atomic E-state index is -0.160. The van der Waals surface area contributed by atoms with Crippen LogP contribution in [0.25, 0.3) is 0 Å². The number of aromatic nitrogens is 3. The van der Waals surface area contributed by atoms with Gasteiger partial charge < -0.3 is 19.5 Å². The van der Waals surface area contributed by atoms with Crippen molar-refractivity contribution in [2.45, 2.75) is 85.5 Å². The van der Waals surface area contributed by atoms with Gasteiger partial charge in [0, 0.05) is 24.8 Å². The van der Waals surface area contributed by atoms with Gasteiger partial charge in [0.15, 0.2) is 0 Å². The van der Waals surface area contributed by atoms with Crippen molar-refractivity contribution < 1.29 is 14.1 Å². The number of anilines is 1. The number of carbonyl (C=O) groups is 1. The molecule has 0 saturated carbocycles. The molecule has 2 aliphatic rings. The molecule has 1 fully saturated rings. The van der Waals surface area contributed by atoms with Crippen LogP contribution in [0.1, 0.15) is 93.0 Å². The summed E-state index contributed by atoms with van der Waals surface area (Å²) in [6.45, 7) is 16.0. The number of amides is 1. The lowest BCUT2D eigenvalue weighted by Crippen LogP contribution is -2.46. The third kappa shape index (κ3) is 4.51. The largest absolute Gasteiger partial charge is 0.372 e. The smallest absolute Gasteiger partial charge is 0.257 e. The molecule has 3 heterocycles. The SMILES string of the molecule is Cc1onc(C(C)C)c1C(=O)NC1CC(C)(C)Cc2nc(N3CC(C)OC(C)C3)ncc21. The minimum Gasteiger partial charge on any atom is -0.372 e. The lowest BCUT2D eigenvalue weighted by molar-refractivity contribution is -0.00575. The van der Waals surface area contributed by atoms with Gasteiger partial charge in [-0.1, -0.05) is 32.9 Å². The standard InChI is InChI=1S/C24H35N5O3/c1-13(2)21-20(16(5)32-28-21)22(30)26-18-8-24(6,7)9-19-17(18)10-25-23(27-19)29-11-14(3)31-15(4)12-29/h10,13-15,18H,8-9,11-12H2,1-7H3,(H,26,30). The van der Waals surface area contributed by atoms with E-state index in [1.54, 1.807) is 6.92 Å². The number of aryl methyl sites for hydroxylation is 1. The zero-order valence-electron chi connectivity index (χ0n) is 20.2. The highest BCUT2D eigenvalue weighted by atomic mass is 16.5. The van der Waals surface area contributed by atoms with Gasteiger partial charge in [0.2, 0.25) is 5.95 Å². The van der Waals surface area contributed by atoms with E-state index in [-0.39, 0.29) is 35.5 Å². The van der Waals surface area contributed by atoms with Crippen molar-refractivity contribution >= 4 is 11.9 Å². The van der Waals surface area contributed by atoms with Crippen LogP contribution in [0.5, 0.6) is 0 Å². The Morgan fingerprint density at radius 3 is 2.59 bits per heavy atom. The Morgan fingerprint density at radius 1 is 1.25 bits per heavy atom. The Hall–Kier alpha value is -2.48. The number of carbonyl (C=O) groups excluding carboxylic acids is 1. The van der Waals surface area contributed by atoms with Crippen LogP contribution in [0.2, 0.25) is 0 Å². The maximum atomic E-state index is 13.3. The molecule has 1 saturated heterocycles. The molecule has 32 heavy (non-hydrogen) atoms. The van der Waals surface area contributed by atoms with Crippen molar-refractivity contribution in [1.82, 2.24) is 20.4 Å². The van der Waals surface area contributed by atoms with Crippen LogP contribution in [0, 0.1) is 12.3 Å². The van der Waals surface area contributed by atoms with Crippen LogP contribution < -0.4 is 10.2 Å². The van der Waals surface area contributed by atoms with Crippen molar-refractivity contribution in [2.75, 3.05) is 18.0 Å². The third-order valence-electron chi connectivity index (χ3n) is 6.34. The number of nitrogens with one attached hydrogen (secondary N) is 1. The van der Waals surface area contributed by atoms with Crippen LogP contribution in [0.3, 0.4) is 0 Å². The summed E-state index contributed by atoms with van der Waals surface area (Å²) in [5, 5.41) is 7.33. The molecule has 1 amide bonds. The Bertz CT molecular complexity index is 990. The first-order chi connectivity index (χ1) is 15.0. The van der Waals surface area contributed by atoms with E-state index in [0.29, 0.717) is 17.0 Å². The number of ether oxygens (including phenoxy) is 1. The Balaban J connectivity index is 1.62. The summed E-state index contributed by atoms with van der Waals surface area (Å²) in [6, 6.07) is -0.160. The molecular formula is C24H35N5O3. The molecule has 4 rings (SSSR count). The van der Waals surface area contributed by atoms with Gasteiger partial charge in [-0.15, -0.1) is 0 Å². The topological polar surface area (TPSA) is 93.4 Å². The number of rotatable bonds is 4. The van der Waals surface area contributed by atoms with Gasteiger partial charge in [0.05, 0.1) is 29.6 Å². The minimum absolute atomic E-state index is 0.00668. The van der Waals surface area contributed by atoms with Crippen LogP contribution in [-0.4, -0.2) is 46.3 Å². The highest BCUT2D eigenvalue weighted by Gasteiger charge is 2.36. The average molecular weight is 442 g/mol. The summed E-state index contributed by atoms with van der Waals surface area (Å²) in [5.74, 6) is 1.24. The predicted octanol–water partition coefficient (Wildman–Crippen LogP) is 3.95. The fourth-order valence-electron chi connectivity index (χ4n) is 4.95. The van der Waals surface area contributed by atoms with Gasteiger partial charge in [-0.25, -0.2) is 9.97 Å². The highest BCUT2D eigenvalue weighted by Crippen LogP contribution is 2.40. The second-order valence-electron chi connectivity index (χ2n) is 10.5. The van der Waals surface area contributed by atoms with Crippen LogP contribution in [0.15, 0.2) is 10.7 Å². The summed E-state index contributed by atoms with van der Waals surface area (Å²) in [6.07, 6.45) is 3.85. The fraction of sp³-hybridized carbons (Fsp3) is 0.667. The molecular weight excluding hydrogens is 406 g/mol. The zero-order valence-corrected chi connectivity index (χ0v) is 20.2. The first-order valence-electron chi connectivity index (χ1n) is 11.6. The van der Waals surface area contributed by atoms with Gasteiger partial charge in [0.25, 0.3) is 5.91 Å². The molecule has 8 nitrogen and oxygen atoms in total.